The molecule has 0 radical (unpaired) electrons. The van der Waals surface area contributed by atoms with Crippen molar-refractivity contribution < 1.29 is 13.5 Å². The van der Waals surface area contributed by atoms with Gasteiger partial charge in [-0.1, -0.05) is 15.9 Å². The molecule has 1 unspecified atom stereocenters. The maximum absolute atomic E-state index is 13.6. The lowest BCUT2D eigenvalue weighted by Gasteiger charge is -2.32. The molecule has 0 spiro atoms. The molecule has 2 rings (SSSR count). The summed E-state index contributed by atoms with van der Waals surface area (Å²) in [5.41, 5.74) is 0.249. The molecule has 1 atom stereocenters. The van der Waals surface area contributed by atoms with Gasteiger partial charge in [0.2, 0.25) is 0 Å². The van der Waals surface area contributed by atoms with Crippen LogP contribution in [0.3, 0.4) is 0 Å². The van der Waals surface area contributed by atoms with Crippen LogP contribution in [0.4, 0.5) is 8.78 Å². The van der Waals surface area contributed by atoms with E-state index >= 15 is 0 Å². The normalized spacial score (nSPS) is 22.2. The summed E-state index contributed by atoms with van der Waals surface area (Å²) >= 11 is 3.22. The van der Waals surface area contributed by atoms with Crippen molar-refractivity contribution in [2.45, 2.75) is 18.4 Å². The van der Waals surface area contributed by atoms with Crippen LogP contribution in [0, 0.1) is 11.3 Å². The molecule has 1 N–H and O–H groups in total. The fourth-order valence-electron chi connectivity index (χ4n) is 1.80. The Bertz CT molecular complexity index is 487. The van der Waals surface area contributed by atoms with E-state index in [-0.39, 0.29) is 17.7 Å². The van der Waals surface area contributed by atoms with Crippen LogP contribution in [0.1, 0.15) is 12.0 Å². The summed E-state index contributed by atoms with van der Waals surface area (Å²) in [6.07, 6.45) is -0.972. The van der Waals surface area contributed by atoms with Crippen LogP contribution < -0.4 is 10.1 Å². The Morgan fingerprint density at radius 3 is 2.94 bits per heavy atom. The van der Waals surface area contributed by atoms with Gasteiger partial charge in [-0.3, -0.25) is 0 Å². The lowest BCUT2D eigenvalue weighted by Crippen LogP contribution is -2.52. The highest BCUT2D eigenvalue weighted by molar-refractivity contribution is 9.10. The second kappa shape index (κ2) is 5.21. The Balaban J connectivity index is 2.21. The number of halogens is 3. The number of nitrogens with zero attached hydrogens (tertiary/aromatic N) is 1. The van der Waals surface area contributed by atoms with Gasteiger partial charge >= 0.3 is 0 Å². The average molecular weight is 317 g/mol. The Morgan fingerprint density at radius 1 is 1.50 bits per heavy atom. The van der Waals surface area contributed by atoms with Crippen molar-refractivity contribution in [3.8, 4) is 11.8 Å². The third kappa shape index (κ3) is 2.79. The predicted octanol–water partition coefficient (Wildman–Crippen LogP) is 2.70. The maximum atomic E-state index is 13.6. The van der Waals surface area contributed by atoms with Crippen molar-refractivity contribution in [1.29, 1.82) is 5.26 Å². The molecule has 6 heteroatoms. The van der Waals surface area contributed by atoms with Gasteiger partial charge in [-0.25, -0.2) is 8.78 Å². The van der Waals surface area contributed by atoms with E-state index < -0.39 is 18.6 Å². The number of hydrogen-bond acceptors (Lipinski definition) is 3. The van der Waals surface area contributed by atoms with Crippen LogP contribution in [-0.4, -0.2) is 25.1 Å². The molecule has 1 fully saturated rings. The highest BCUT2D eigenvalue weighted by atomic mass is 79.9. The molecular weight excluding hydrogens is 306 g/mol. The average Bonchev–Trinajstić information content (AvgIpc) is 2.33. The van der Waals surface area contributed by atoms with Gasteiger partial charge in [-0.2, -0.15) is 5.26 Å². The Kier molecular flexibility index (Phi) is 3.83. The molecule has 1 aliphatic rings. The van der Waals surface area contributed by atoms with Gasteiger partial charge in [0.25, 0.3) is 5.92 Å². The van der Waals surface area contributed by atoms with Crippen molar-refractivity contribution >= 4 is 15.9 Å². The molecule has 0 bridgehead atoms. The molecule has 0 aliphatic carbocycles. The first-order valence-corrected chi connectivity index (χ1v) is 6.27. The second-order valence-electron chi connectivity index (χ2n) is 4.09. The standard InChI is InChI=1S/C12H11BrF2N2O/c13-9-1-2-10(8(5-9)6-16)18-11-3-4-17-7-12(11,14)15/h1-2,5,11,17H,3-4,7H2. The van der Waals surface area contributed by atoms with Gasteiger partial charge in [-0.15, -0.1) is 0 Å². The first-order chi connectivity index (χ1) is 8.53. The van der Waals surface area contributed by atoms with E-state index in [9.17, 15) is 8.78 Å². The Labute approximate surface area is 112 Å². The molecule has 0 saturated carbocycles. The molecule has 18 heavy (non-hydrogen) atoms. The van der Waals surface area contributed by atoms with Crippen LogP contribution in [0.25, 0.3) is 0 Å². The second-order valence-corrected chi connectivity index (χ2v) is 5.00. The number of rotatable bonds is 2. The zero-order chi connectivity index (χ0) is 13.2. The molecule has 0 amide bonds. The molecule has 1 heterocycles. The first kappa shape index (κ1) is 13.2. The summed E-state index contributed by atoms with van der Waals surface area (Å²) < 4.78 is 33.2. The fraction of sp³-hybridized carbons (Fsp3) is 0.417. The zero-order valence-electron chi connectivity index (χ0n) is 9.42. The van der Waals surface area contributed by atoms with Crippen molar-refractivity contribution in [2.24, 2.45) is 0 Å². The highest BCUT2D eigenvalue weighted by Gasteiger charge is 2.43. The van der Waals surface area contributed by atoms with Gasteiger partial charge in [0.1, 0.15) is 11.8 Å². The first-order valence-electron chi connectivity index (χ1n) is 5.48. The SMILES string of the molecule is N#Cc1cc(Br)ccc1OC1CCNCC1(F)F. The lowest BCUT2D eigenvalue weighted by molar-refractivity contribution is -0.109. The Hall–Kier alpha value is -1.19. The molecule has 1 saturated heterocycles. The smallest absolute Gasteiger partial charge is 0.296 e. The third-order valence-corrected chi connectivity index (χ3v) is 3.24. The quantitative estimate of drug-likeness (QED) is 0.912. The van der Waals surface area contributed by atoms with Crippen molar-refractivity contribution in [3.05, 3.63) is 28.2 Å². The molecule has 1 aromatic rings. The number of alkyl halides is 2. The molecule has 96 valence electrons. The van der Waals surface area contributed by atoms with E-state index in [1.807, 2.05) is 6.07 Å². The largest absolute Gasteiger partial charge is 0.483 e. The number of hydrogen-bond donors (Lipinski definition) is 1. The van der Waals surface area contributed by atoms with Crippen LogP contribution >= 0.6 is 15.9 Å². The van der Waals surface area contributed by atoms with E-state index in [2.05, 4.69) is 21.2 Å². The topological polar surface area (TPSA) is 45.0 Å². The van der Waals surface area contributed by atoms with Crippen molar-refractivity contribution in [1.82, 2.24) is 5.32 Å². The molecule has 0 aromatic heterocycles. The van der Waals surface area contributed by atoms with Crippen molar-refractivity contribution in [3.63, 3.8) is 0 Å². The summed E-state index contributed by atoms with van der Waals surface area (Å²) in [6, 6.07) is 6.68. The highest BCUT2D eigenvalue weighted by Crippen LogP contribution is 2.30. The summed E-state index contributed by atoms with van der Waals surface area (Å²) in [5, 5.41) is 11.6. The van der Waals surface area contributed by atoms with E-state index in [0.29, 0.717) is 11.0 Å². The van der Waals surface area contributed by atoms with Crippen molar-refractivity contribution in [2.75, 3.05) is 13.1 Å². The number of benzene rings is 1. The van der Waals surface area contributed by atoms with E-state index in [4.69, 9.17) is 10.00 Å². The van der Waals surface area contributed by atoms with Gasteiger partial charge in [0, 0.05) is 10.9 Å². The van der Waals surface area contributed by atoms with E-state index in [1.54, 1.807) is 12.1 Å². The molecule has 1 aliphatic heterocycles. The third-order valence-electron chi connectivity index (χ3n) is 2.75. The van der Waals surface area contributed by atoms with Crippen LogP contribution in [-0.2, 0) is 0 Å². The summed E-state index contributed by atoms with van der Waals surface area (Å²) in [5.74, 6) is -2.72. The van der Waals surface area contributed by atoms with Crippen LogP contribution in [0.15, 0.2) is 22.7 Å². The minimum Gasteiger partial charge on any atom is -0.483 e. The lowest BCUT2D eigenvalue weighted by atomic mass is 10.1. The monoisotopic (exact) mass is 316 g/mol. The van der Waals surface area contributed by atoms with Gasteiger partial charge < -0.3 is 10.1 Å². The van der Waals surface area contributed by atoms with Crippen LogP contribution in [0.2, 0.25) is 0 Å². The number of ether oxygens (including phenoxy) is 1. The number of nitrogens with one attached hydrogen (secondary N) is 1. The molecule has 1 aromatic carbocycles. The maximum Gasteiger partial charge on any atom is 0.296 e. The number of nitriles is 1. The summed E-state index contributed by atoms with van der Waals surface area (Å²) in [6.45, 7) is 0.0920. The predicted molar refractivity (Wildman–Crippen MR) is 65.7 cm³/mol. The summed E-state index contributed by atoms with van der Waals surface area (Å²) in [4.78, 5) is 0. The minimum absolute atomic E-state index is 0.201. The van der Waals surface area contributed by atoms with E-state index in [1.165, 1.54) is 6.07 Å². The van der Waals surface area contributed by atoms with Gasteiger partial charge in [-0.05, 0) is 24.7 Å². The fourth-order valence-corrected chi connectivity index (χ4v) is 2.17. The van der Waals surface area contributed by atoms with Gasteiger partial charge in [0.15, 0.2) is 6.10 Å². The van der Waals surface area contributed by atoms with Gasteiger partial charge in [0.05, 0.1) is 12.1 Å². The van der Waals surface area contributed by atoms with E-state index in [0.717, 1.165) is 0 Å². The molecule has 3 nitrogen and oxygen atoms in total. The van der Waals surface area contributed by atoms with Crippen LogP contribution in [0.5, 0.6) is 5.75 Å². The molecular formula is C12H11BrF2N2O. The minimum atomic E-state index is -2.92. The summed E-state index contributed by atoms with van der Waals surface area (Å²) in [7, 11) is 0. The zero-order valence-corrected chi connectivity index (χ0v) is 11.0. The number of piperidine rings is 1. The Morgan fingerprint density at radius 2 is 2.28 bits per heavy atom.